The van der Waals surface area contributed by atoms with Crippen LogP contribution in [0.5, 0.6) is 5.75 Å². The fourth-order valence-corrected chi connectivity index (χ4v) is 1.93. The minimum absolute atomic E-state index is 0.0590. The molecule has 19 heavy (non-hydrogen) atoms. The minimum atomic E-state index is -0.0590. The molecule has 0 atom stereocenters. The number of aryl methyl sites for hydroxylation is 1. The second kappa shape index (κ2) is 7.09. The highest BCUT2D eigenvalue weighted by Gasteiger charge is 1.96. The van der Waals surface area contributed by atoms with Crippen LogP contribution in [0.2, 0.25) is 0 Å². The zero-order valence-electron chi connectivity index (χ0n) is 10.5. The molecule has 0 saturated heterocycles. The molecule has 0 aliphatic rings. The van der Waals surface area contributed by atoms with Crippen LogP contribution < -0.4 is 10.3 Å². The molecule has 1 heterocycles. The van der Waals surface area contributed by atoms with Crippen LogP contribution in [0.3, 0.4) is 0 Å². The van der Waals surface area contributed by atoms with E-state index in [0.29, 0.717) is 13.2 Å². The molecular formula is C14H15BrN2O2. The number of aromatic nitrogens is 2. The van der Waals surface area contributed by atoms with Gasteiger partial charge in [0.2, 0.25) is 0 Å². The molecule has 0 radical (unpaired) electrons. The molecule has 4 nitrogen and oxygen atoms in total. The van der Waals surface area contributed by atoms with Crippen molar-refractivity contribution >= 4 is 15.9 Å². The molecule has 0 amide bonds. The van der Waals surface area contributed by atoms with Crippen molar-refractivity contribution < 1.29 is 4.74 Å². The van der Waals surface area contributed by atoms with Gasteiger partial charge in [-0.15, -0.1) is 0 Å². The van der Waals surface area contributed by atoms with Gasteiger partial charge in [0, 0.05) is 23.4 Å². The SMILES string of the molecule is O=c1cnccn1CCCCOc1ccc(Br)cc1. The normalized spacial score (nSPS) is 10.4. The van der Waals surface area contributed by atoms with Gasteiger partial charge in [0.1, 0.15) is 5.75 Å². The molecule has 0 spiro atoms. The summed E-state index contributed by atoms with van der Waals surface area (Å²) in [6.07, 6.45) is 6.47. The number of halogens is 1. The van der Waals surface area contributed by atoms with Crippen LogP contribution in [0.4, 0.5) is 0 Å². The molecule has 0 N–H and O–H groups in total. The van der Waals surface area contributed by atoms with E-state index in [1.54, 1.807) is 17.0 Å². The summed E-state index contributed by atoms with van der Waals surface area (Å²) in [5, 5.41) is 0. The number of unbranched alkanes of at least 4 members (excludes halogenated alkanes) is 1. The Bertz CT molecular complexity index is 566. The molecule has 0 fully saturated rings. The van der Waals surface area contributed by atoms with Crippen molar-refractivity contribution in [3.05, 3.63) is 57.7 Å². The maximum Gasteiger partial charge on any atom is 0.268 e. The van der Waals surface area contributed by atoms with Crippen molar-refractivity contribution in [1.29, 1.82) is 0 Å². The molecule has 0 bridgehead atoms. The minimum Gasteiger partial charge on any atom is -0.494 e. The van der Waals surface area contributed by atoms with Crippen LogP contribution in [-0.2, 0) is 6.54 Å². The fraction of sp³-hybridized carbons (Fsp3) is 0.286. The van der Waals surface area contributed by atoms with Crippen LogP contribution in [0, 0.1) is 0 Å². The lowest BCUT2D eigenvalue weighted by atomic mass is 10.3. The van der Waals surface area contributed by atoms with Gasteiger partial charge < -0.3 is 9.30 Å². The largest absolute Gasteiger partial charge is 0.494 e. The van der Waals surface area contributed by atoms with Crippen LogP contribution >= 0.6 is 15.9 Å². The zero-order chi connectivity index (χ0) is 13.5. The van der Waals surface area contributed by atoms with E-state index in [-0.39, 0.29) is 5.56 Å². The highest BCUT2D eigenvalue weighted by atomic mass is 79.9. The number of hydrogen-bond acceptors (Lipinski definition) is 3. The van der Waals surface area contributed by atoms with E-state index in [1.165, 1.54) is 6.20 Å². The van der Waals surface area contributed by atoms with Crippen molar-refractivity contribution in [1.82, 2.24) is 9.55 Å². The number of nitrogens with zero attached hydrogens (tertiary/aromatic N) is 2. The van der Waals surface area contributed by atoms with E-state index >= 15 is 0 Å². The lowest BCUT2D eigenvalue weighted by Gasteiger charge is -2.07. The number of rotatable bonds is 6. The summed E-state index contributed by atoms with van der Waals surface area (Å²) < 4.78 is 8.31. The Hall–Kier alpha value is -1.62. The molecule has 2 rings (SSSR count). The first-order valence-corrected chi connectivity index (χ1v) is 6.94. The first kappa shape index (κ1) is 13.8. The standard InChI is InChI=1S/C14H15BrN2O2/c15-12-3-5-13(6-4-12)19-10-2-1-8-17-9-7-16-11-14(17)18/h3-7,9,11H,1-2,8,10H2. The van der Waals surface area contributed by atoms with Gasteiger partial charge in [-0.25, -0.2) is 0 Å². The van der Waals surface area contributed by atoms with E-state index in [9.17, 15) is 4.79 Å². The average Bonchev–Trinajstić information content (AvgIpc) is 2.42. The third kappa shape index (κ3) is 4.52. The van der Waals surface area contributed by atoms with Gasteiger partial charge in [0.05, 0.1) is 12.8 Å². The molecule has 0 unspecified atom stereocenters. The van der Waals surface area contributed by atoms with Crippen molar-refractivity contribution in [2.24, 2.45) is 0 Å². The third-order valence-corrected chi connectivity index (χ3v) is 3.21. The Morgan fingerprint density at radius 3 is 2.74 bits per heavy atom. The topological polar surface area (TPSA) is 44.1 Å². The molecule has 2 aromatic rings. The van der Waals surface area contributed by atoms with Gasteiger partial charge in [-0.3, -0.25) is 9.78 Å². The summed E-state index contributed by atoms with van der Waals surface area (Å²) in [6.45, 7) is 1.35. The van der Waals surface area contributed by atoms with E-state index in [2.05, 4.69) is 20.9 Å². The molecule has 100 valence electrons. The molecular weight excluding hydrogens is 308 g/mol. The zero-order valence-corrected chi connectivity index (χ0v) is 12.0. The van der Waals surface area contributed by atoms with Gasteiger partial charge in [-0.2, -0.15) is 0 Å². The Morgan fingerprint density at radius 1 is 1.21 bits per heavy atom. The Kier molecular flexibility index (Phi) is 5.15. The van der Waals surface area contributed by atoms with E-state index in [0.717, 1.165) is 23.1 Å². The van der Waals surface area contributed by atoms with Crippen molar-refractivity contribution in [2.45, 2.75) is 19.4 Å². The summed E-state index contributed by atoms with van der Waals surface area (Å²) in [5.74, 6) is 0.865. The number of benzene rings is 1. The maximum atomic E-state index is 11.4. The monoisotopic (exact) mass is 322 g/mol. The van der Waals surface area contributed by atoms with Gasteiger partial charge in [-0.05, 0) is 37.1 Å². The van der Waals surface area contributed by atoms with Crippen LogP contribution in [0.1, 0.15) is 12.8 Å². The van der Waals surface area contributed by atoms with E-state index in [1.807, 2.05) is 24.3 Å². The highest BCUT2D eigenvalue weighted by Crippen LogP contribution is 2.16. The summed E-state index contributed by atoms with van der Waals surface area (Å²) in [4.78, 5) is 15.2. The van der Waals surface area contributed by atoms with Gasteiger partial charge in [0.25, 0.3) is 5.56 Å². The van der Waals surface area contributed by atoms with Crippen molar-refractivity contribution in [2.75, 3.05) is 6.61 Å². The molecule has 1 aromatic carbocycles. The lowest BCUT2D eigenvalue weighted by Crippen LogP contribution is -2.19. The molecule has 0 aliphatic carbocycles. The highest BCUT2D eigenvalue weighted by molar-refractivity contribution is 9.10. The Morgan fingerprint density at radius 2 is 2.00 bits per heavy atom. The van der Waals surface area contributed by atoms with E-state index < -0.39 is 0 Å². The van der Waals surface area contributed by atoms with Gasteiger partial charge in [0.15, 0.2) is 0 Å². The number of hydrogen-bond donors (Lipinski definition) is 0. The Balaban J connectivity index is 1.69. The second-order valence-corrected chi connectivity index (χ2v) is 5.03. The van der Waals surface area contributed by atoms with Crippen molar-refractivity contribution in [3.63, 3.8) is 0 Å². The summed E-state index contributed by atoms with van der Waals surface area (Å²) in [6, 6.07) is 7.76. The summed E-state index contributed by atoms with van der Waals surface area (Å²) in [7, 11) is 0. The lowest BCUT2D eigenvalue weighted by molar-refractivity contribution is 0.303. The predicted octanol–water partition coefficient (Wildman–Crippen LogP) is 2.87. The van der Waals surface area contributed by atoms with Crippen molar-refractivity contribution in [3.8, 4) is 5.75 Å². The van der Waals surface area contributed by atoms with Crippen LogP contribution in [-0.4, -0.2) is 16.2 Å². The fourth-order valence-electron chi connectivity index (χ4n) is 1.66. The first-order valence-electron chi connectivity index (χ1n) is 6.14. The van der Waals surface area contributed by atoms with Gasteiger partial charge in [-0.1, -0.05) is 15.9 Å². The van der Waals surface area contributed by atoms with Gasteiger partial charge >= 0.3 is 0 Å². The summed E-state index contributed by atoms with van der Waals surface area (Å²) >= 11 is 3.38. The second-order valence-electron chi connectivity index (χ2n) is 4.12. The van der Waals surface area contributed by atoms with E-state index in [4.69, 9.17) is 4.74 Å². The summed E-state index contributed by atoms with van der Waals surface area (Å²) in [5.41, 5.74) is -0.0590. The van der Waals surface area contributed by atoms with Crippen LogP contribution in [0.25, 0.3) is 0 Å². The molecule has 0 aliphatic heterocycles. The maximum absolute atomic E-state index is 11.4. The Labute approximate surface area is 120 Å². The smallest absolute Gasteiger partial charge is 0.268 e. The third-order valence-electron chi connectivity index (χ3n) is 2.68. The number of ether oxygens (including phenoxy) is 1. The van der Waals surface area contributed by atoms with Crippen LogP contribution in [0.15, 0.2) is 52.1 Å². The molecule has 5 heteroatoms. The molecule has 0 saturated carbocycles. The average molecular weight is 323 g/mol. The quantitative estimate of drug-likeness (QED) is 0.768. The predicted molar refractivity (Wildman–Crippen MR) is 77.4 cm³/mol. The first-order chi connectivity index (χ1) is 9.25. The molecule has 1 aromatic heterocycles.